The van der Waals surface area contributed by atoms with Gasteiger partial charge in [-0.3, -0.25) is 0 Å². The van der Waals surface area contributed by atoms with Crippen molar-refractivity contribution in [3.05, 3.63) is 36.7 Å². The number of hydrogen-bond donors (Lipinski definition) is 1. The van der Waals surface area contributed by atoms with E-state index in [1.54, 1.807) is 0 Å². The van der Waals surface area contributed by atoms with Crippen molar-refractivity contribution < 1.29 is 0 Å². The van der Waals surface area contributed by atoms with Gasteiger partial charge >= 0.3 is 0 Å². The van der Waals surface area contributed by atoms with Gasteiger partial charge in [-0.1, -0.05) is 72.5 Å². The molecule has 0 unspecified atom stereocenters. The molecule has 16 heavy (non-hydrogen) atoms. The van der Waals surface area contributed by atoms with Gasteiger partial charge in [0.2, 0.25) is 0 Å². The Hall–Kier alpha value is -0.980. The fourth-order valence-electron chi connectivity index (χ4n) is 1.11. The van der Waals surface area contributed by atoms with Crippen molar-refractivity contribution in [3.8, 4) is 0 Å². The highest BCUT2D eigenvalue weighted by Crippen LogP contribution is 2.00. The van der Waals surface area contributed by atoms with Crippen LogP contribution in [0.4, 0.5) is 0 Å². The summed E-state index contributed by atoms with van der Waals surface area (Å²) < 4.78 is 0. The molecule has 94 valence electrons. The normalized spacial score (nSPS) is 11.9. The van der Waals surface area contributed by atoms with Crippen molar-refractivity contribution in [3.63, 3.8) is 0 Å². The van der Waals surface area contributed by atoms with Gasteiger partial charge in [-0.05, 0) is 12.2 Å². The second-order valence-corrected chi connectivity index (χ2v) is 3.45. The van der Waals surface area contributed by atoms with Gasteiger partial charge in [0.15, 0.2) is 0 Å². The van der Waals surface area contributed by atoms with E-state index in [1.807, 2.05) is 38.3 Å². The highest BCUT2D eigenvalue weighted by Gasteiger charge is 1.82. The molecule has 0 amide bonds. The first kappa shape index (κ1) is 17.4. The summed E-state index contributed by atoms with van der Waals surface area (Å²) in [6.45, 7) is 12.2. The van der Waals surface area contributed by atoms with E-state index in [4.69, 9.17) is 0 Å². The zero-order chi connectivity index (χ0) is 12.6. The molecule has 0 saturated carbocycles. The van der Waals surface area contributed by atoms with E-state index in [2.05, 4.69) is 25.7 Å². The van der Waals surface area contributed by atoms with Gasteiger partial charge in [-0.2, -0.15) is 0 Å². The SMILES string of the molecule is C=C1C=CC=CN1.CC.CCCCCCC. The van der Waals surface area contributed by atoms with Crippen molar-refractivity contribution in [2.45, 2.75) is 59.8 Å². The molecular weight excluding hydrogens is 194 g/mol. The maximum Gasteiger partial charge on any atom is 0.0306 e. The predicted octanol–water partition coefficient (Wildman–Crippen LogP) is 5.18. The Bertz CT molecular complexity index is 186. The van der Waals surface area contributed by atoms with E-state index < -0.39 is 0 Å². The zero-order valence-corrected chi connectivity index (χ0v) is 11.6. The summed E-state index contributed by atoms with van der Waals surface area (Å²) in [7, 11) is 0. The highest BCUT2D eigenvalue weighted by atomic mass is 14.8. The summed E-state index contributed by atoms with van der Waals surface area (Å²) in [5.41, 5.74) is 0.947. The third kappa shape index (κ3) is 15.5. The second kappa shape index (κ2) is 16.4. The van der Waals surface area contributed by atoms with Crippen LogP contribution >= 0.6 is 0 Å². The molecule has 1 N–H and O–H groups in total. The monoisotopic (exact) mass is 223 g/mol. The molecule has 0 aromatic carbocycles. The summed E-state index contributed by atoms with van der Waals surface area (Å²) >= 11 is 0. The fraction of sp³-hybridized carbons (Fsp3) is 0.600. The molecule has 1 aliphatic rings. The minimum absolute atomic E-state index is 0.947. The van der Waals surface area contributed by atoms with E-state index in [-0.39, 0.29) is 0 Å². The molecule has 0 aromatic heterocycles. The van der Waals surface area contributed by atoms with Crippen molar-refractivity contribution in [2.75, 3.05) is 0 Å². The number of dihydropyridines is 1. The Kier molecular flexibility index (Phi) is 17.9. The fourth-order valence-corrected chi connectivity index (χ4v) is 1.11. The summed E-state index contributed by atoms with van der Waals surface area (Å²) in [5.74, 6) is 0. The first-order valence-corrected chi connectivity index (χ1v) is 6.60. The van der Waals surface area contributed by atoms with Crippen LogP contribution < -0.4 is 5.32 Å². The van der Waals surface area contributed by atoms with Gasteiger partial charge in [0.1, 0.15) is 0 Å². The number of allylic oxidation sites excluding steroid dienone is 3. The number of nitrogens with one attached hydrogen (secondary N) is 1. The van der Waals surface area contributed by atoms with E-state index in [1.165, 1.54) is 32.1 Å². The van der Waals surface area contributed by atoms with Crippen LogP contribution in [-0.2, 0) is 0 Å². The lowest BCUT2D eigenvalue weighted by atomic mass is 10.2. The minimum atomic E-state index is 0.947. The maximum atomic E-state index is 3.66. The highest BCUT2D eigenvalue weighted by molar-refractivity contribution is 5.23. The Morgan fingerprint density at radius 1 is 1.00 bits per heavy atom. The first-order chi connectivity index (χ1) is 7.81. The molecular formula is C15H29N. The third-order valence-electron chi connectivity index (χ3n) is 1.98. The first-order valence-electron chi connectivity index (χ1n) is 6.60. The minimum Gasteiger partial charge on any atom is -0.362 e. The van der Waals surface area contributed by atoms with Gasteiger partial charge < -0.3 is 5.32 Å². The van der Waals surface area contributed by atoms with Gasteiger partial charge in [0.05, 0.1) is 0 Å². The summed E-state index contributed by atoms with van der Waals surface area (Å²) in [6, 6.07) is 0. The Balaban J connectivity index is 0. The van der Waals surface area contributed by atoms with Crippen LogP contribution in [0.5, 0.6) is 0 Å². The van der Waals surface area contributed by atoms with Crippen LogP contribution in [0, 0.1) is 0 Å². The van der Waals surface area contributed by atoms with Crippen LogP contribution in [0.25, 0.3) is 0 Å². The lowest BCUT2D eigenvalue weighted by Crippen LogP contribution is -2.01. The maximum absolute atomic E-state index is 3.66. The molecule has 1 nitrogen and oxygen atoms in total. The van der Waals surface area contributed by atoms with Crippen molar-refractivity contribution >= 4 is 0 Å². The molecule has 0 radical (unpaired) electrons. The predicted molar refractivity (Wildman–Crippen MR) is 76.3 cm³/mol. The standard InChI is InChI=1S/C7H16.C6H7N.C2H6/c1-3-5-7-6-4-2;1-6-4-2-3-5-7-6;1-2/h3-7H2,1-2H3;2-5,7H,1H2;1-2H3. The topological polar surface area (TPSA) is 12.0 Å². The Morgan fingerprint density at radius 3 is 1.81 bits per heavy atom. The van der Waals surface area contributed by atoms with Gasteiger partial charge in [0, 0.05) is 11.9 Å². The summed E-state index contributed by atoms with van der Waals surface area (Å²) in [6.07, 6.45) is 14.6. The quantitative estimate of drug-likeness (QED) is 0.648. The molecule has 1 heteroatoms. The molecule has 0 bridgehead atoms. The lowest BCUT2D eigenvalue weighted by molar-refractivity contribution is 0.656. The van der Waals surface area contributed by atoms with E-state index in [0.29, 0.717) is 0 Å². The number of hydrogen-bond acceptors (Lipinski definition) is 1. The van der Waals surface area contributed by atoms with Crippen molar-refractivity contribution in [2.24, 2.45) is 0 Å². The Labute approximate surface area is 102 Å². The molecule has 1 aliphatic heterocycles. The van der Waals surface area contributed by atoms with Crippen LogP contribution in [0.1, 0.15) is 59.8 Å². The largest absolute Gasteiger partial charge is 0.362 e. The van der Waals surface area contributed by atoms with E-state index in [9.17, 15) is 0 Å². The molecule has 0 aromatic rings. The smallest absolute Gasteiger partial charge is 0.0306 e. The third-order valence-corrected chi connectivity index (χ3v) is 1.98. The number of unbranched alkanes of at least 4 members (excludes halogenated alkanes) is 4. The average molecular weight is 223 g/mol. The molecule has 0 spiro atoms. The van der Waals surface area contributed by atoms with Crippen LogP contribution in [0.15, 0.2) is 36.7 Å². The summed E-state index contributed by atoms with van der Waals surface area (Å²) in [5, 5.41) is 2.92. The molecule has 0 atom stereocenters. The lowest BCUT2D eigenvalue weighted by Gasteiger charge is -1.99. The van der Waals surface area contributed by atoms with E-state index in [0.717, 1.165) is 5.70 Å². The molecule has 1 rings (SSSR count). The average Bonchev–Trinajstić information content (AvgIpc) is 2.34. The van der Waals surface area contributed by atoms with Crippen LogP contribution in [0.2, 0.25) is 0 Å². The molecule has 0 fully saturated rings. The van der Waals surface area contributed by atoms with Crippen LogP contribution in [-0.4, -0.2) is 0 Å². The van der Waals surface area contributed by atoms with Crippen molar-refractivity contribution in [1.29, 1.82) is 0 Å². The van der Waals surface area contributed by atoms with Gasteiger partial charge in [-0.25, -0.2) is 0 Å². The van der Waals surface area contributed by atoms with Crippen molar-refractivity contribution in [1.82, 2.24) is 5.32 Å². The van der Waals surface area contributed by atoms with Gasteiger partial charge in [0.25, 0.3) is 0 Å². The van der Waals surface area contributed by atoms with Gasteiger partial charge in [-0.15, -0.1) is 0 Å². The zero-order valence-electron chi connectivity index (χ0n) is 11.6. The summed E-state index contributed by atoms with van der Waals surface area (Å²) in [4.78, 5) is 0. The molecule has 0 saturated heterocycles. The van der Waals surface area contributed by atoms with E-state index >= 15 is 0 Å². The molecule has 0 aliphatic carbocycles. The Morgan fingerprint density at radius 2 is 1.56 bits per heavy atom. The second-order valence-electron chi connectivity index (χ2n) is 3.45. The molecule has 1 heterocycles. The van der Waals surface area contributed by atoms with Crippen LogP contribution in [0.3, 0.4) is 0 Å². The number of rotatable bonds is 4.